The van der Waals surface area contributed by atoms with E-state index < -0.39 is 5.54 Å². The highest BCUT2D eigenvalue weighted by Gasteiger charge is 2.41. The lowest BCUT2D eigenvalue weighted by molar-refractivity contribution is 0.0235. The van der Waals surface area contributed by atoms with Gasteiger partial charge in [0.25, 0.3) is 0 Å². The minimum absolute atomic E-state index is 0.00249. The minimum Gasteiger partial charge on any atom is -0.471 e. The molecular formula is C26H31N5O3. The van der Waals surface area contributed by atoms with E-state index in [1.807, 2.05) is 33.0 Å². The van der Waals surface area contributed by atoms with Crippen LogP contribution in [0.3, 0.4) is 0 Å². The SMILES string of the molecule is CC[C@@](C)(N)c1cnc(OC2(C)CC2)c2cnc(Nc3ccc4c(n3)[C@@H](C)[C@H](C)OC4=O)cc12. The predicted molar refractivity (Wildman–Crippen MR) is 130 cm³/mol. The Morgan fingerprint density at radius 1 is 1.21 bits per heavy atom. The fraction of sp³-hybridized carbons (Fsp3) is 0.462. The third kappa shape index (κ3) is 3.96. The van der Waals surface area contributed by atoms with E-state index >= 15 is 0 Å². The average molecular weight is 462 g/mol. The molecule has 1 fully saturated rings. The second-order valence-electron chi connectivity index (χ2n) is 10.1. The standard InChI is InChI=1S/C26H31N5O3/c1-6-26(5,27)19-13-29-23(34-25(4)9-10-25)18-12-28-21(11-17(18)19)30-20-8-7-16-22(31-20)14(2)15(3)33-24(16)32/h7-8,11-15H,6,9-10,27H2,1-5H3,(H,28,30,31)/t14-,15-,26+/m0/s1. The highest BCUT2D eigenvalue weighted by atomic mass is 16.5. The summed E-state index contributed by atoms with van der Waals surface area (Å²) in [4.78, 5) is 26.2. The first-order valence-corrected chi connectivity index (χ1v) is 11.9. The number of hydrogen-bond acceptors (Lipinski definition) is 8. The van der Waals surface area contributed by atoms with Crippen molar-refractivity contribution in [3.8, 4) is 5.88 Å². The quantitative estimate of drug-likeness (QED) is 0.496. The van der Waals surface area contributed by atoms with Crippen LogP contribution in [-0.4, -0.2) is 32.6 Å². The van der Waals surface area contributed by atoms with E-state index in [0.29, 0.717) is 23.1 Å². The molecule has 34 heavy (non-hydrogen) atoms. The molecule has 0 aromatic carbocycles. The zero-order valence-corrected chi connectivity index (χ0v) is 20.3. The summed E-state index contributed by atoms with van der Waals surface area (Å²) in [5.74, 6) is 1.49. The summed E-state index contributed by atoms with van der Waals surface area (Å²) in [6.45, 7) is 10.1. The lowest BCUT2D eigenvalue weighted by atomic mass is 9.88. The Labute approximate surface area is 199 Å². The third-order valence-corrected chi connectivity index (χ3v) is 7.21. The molecule has 0 bridgehead atoms. The van der Waals surface area contributed by atoms with Gasteiger partial charge in [0.2, 0.25) is 5.88 Å². The van der Waals surface area contributed by atoms with Gasteiger partial charge in [0.05, 0.1) is 16.6 Å². The number of esters is 1. The lowest BCUT2D eigenvalue weighted by Crippen LogP contribution is -2.32. The molecule has 3 aromatic rings. The van der Waals surface area contributed by atoms with Gasteiger partial charge in [0.15, 0.2) is 0 Å². The zero-order valence-electron chi connectivity index (χ0n) is 20.3. The number of carbonyl (C=O) groups is 1. The van der Waals surface area contributed by atoms with Crippen LogP contribution in [0.5, 0.6) is 5.88 Å². The largest absolute Gasteiger partial charge is 0.471 e. The lowest BCUT2D eigenvalue weighted by Gasteiger charge is -2.27. The number of fused-ring (bicyclic) bond motifs is 2. The Hall–Kier alpha value is -3.26. The van der Waals surface area contributed by atoms with Crippen molar-refractivity contribution in [3.63, 3.8) is 0 Å². The molecule has 1 aliphatic carbocycles. The number of cyclic esters (lactones) is 1. The first-order chi connectivity index (χ1) is 16.1. The smallest absolute Gasteiger partial charge is 0.340 e. The van der Waals surface area contributed by atoms with Crippen molar-refractivity contribution >= 4 is 28.4 Å². The number of carbonyl (C=O) groups excluding carboxylic acids is 1. The molecule has 1 saturated carbocycles. The van der Waals surface area contributed by atoms with Crippen molar-refractivity contribution in [3.05, 3.63) is 47.4 Å². The number of nitrogens with two attached hydrogens (primary N) is 1. The maximum Gasteiger partial charge on any atom is 0.340 e. The molecular weight excluding hydrogens is 430 g/mol. The molecule has 3 N–H and O–H groups in total. The normalized spacial score (nSPS) is 22.5. The molecule has 4 heterocycles. The Morgan fingerprint density at radius 3 is 2.68 bits per heavy atom. The predicted octanol–water partition coefficient (Wildman–Crippen LogP) is 4.95. The van der Waals surface area contributed by atoms with Gasteiger partial charge in [-0.05, 0) is 69.2 Å². The first-order valence-electron chi connectivity index (χ1n) is 11.9. The number of ether oxygens (including phenoxy) is 2. The average Bonchev–Trinajstić information content (AvgIpc) is 3.54. The van der Waals surface area contributed by atoms with Gasteiger partial charge in [-0.25, -0.2) is 19.7 Å². The molecule has 0 amide bonds. The van der Waals surface area contributed by atoms with Gasteiger partial charge < -0.3 is 20.5 Å². The fourth-order valence-corrected chi connectivity index (χ4v) is 4.17. The molecule has 8 heteroatoms. The van der Waals surface area contributed by atoms with Crippen LogP contribution in [0.2, 0.25) is 0 Å². The van der Waals surface area contributed by atoms with Crippen LogP contribution in [0.15, 0.2) is 30.6 Å². The second kappa shape index (κ2) is 7.91. The van der Waals surface area contributed by atoms with Crippen molar-refractivity contribution in [2.75, 3.05) is 5.32 Å². The minimum atomic E-state index is -0.554. The molecule has 2 aliphatic rings. The zero-order chi connectivity index (χ0) is 24.3. The van der Waals surface area contributed by atoms with E-state index in [4.69, 9.17) is 20.2 Å². The van der Waals surface area contributed by atoms with Crippen molar-refractivity contribution in [2.45, 2.75) is 77.0 Å². The topological polar surface area (TPSA) is 112 Å². The molecule has 8 nitrogen and oxygen atoms in total. The number of nitrogens with one attached hydrogen (secondary N) is 1. The van der Waals surface area contributed by atoms with Crippen LogP contribution < -0.4 is 15.8 Å². The van der Waals surface area contributed by atoms with Crippen LogP contribution in [0.4, 0.5) is 11.6 Å². The molecule has 1 aliphatic heterocycles. The van der Waals surface area contributed by atoms with E-state index in [1.54, 1.807) is 18.3 Å². The van der Waals surface area contributed by atoms with E-state index in [-0.39, 0.29) is 23.6 Å². The summed E-state index contributed by atoms with van der Waals surface area (Å²) in [6, 6.07) is 5.49. The molecule has 0 unspecified atom stereocenters. The van der Waals surface area contributed by atoms with E-state index in [0.717, 1.165) is 41.3 Å². The summed E-state index contributed by atoms with van der Waals surface area (Å²) in [5.41, 5.74) is 8.10. The molecule has 5 rings (SSSR count). The van der Waals surface area contributed by atoms with Crippen LogP contribution >= 0.6 is 0 Å². The van der Waals surface area contributed by atoms with Gasteiger partial charge in [-0.3, -0.25) is 0 Å². The van der Waals surface area contributed by atoms with Gasteiger partial charge in [-0.1, -0.05) is 13.8 Å². The van der Waals surface area contributed by atoms with E-state index in [2.05, 4.69) is 29.1 Å². The summed E-state index contributed by atoms with van der Waals surface area (Å²) in [6.07, 6.45) is 6.17. The Bertz CT molecular complexity index is 1280. The van der Waals surface area contributed by atoms with Crippen molar-refractivity contribution < 1.29 is 14.3 Å². The second-order valence-corrected chi connectivity index (χ2v) is 10.1. The summed E-state index contributed by atoms with van der Waals surface area (Å²) in [5, 5.41) is 5.08. The molecule has 178 valence electrons. The molecule has 0 radical (unpaired) electrons. The van der Waals surface area contributed by atoms with Gasteiger partial charge in [-0.15, -0.1) is 0 Å². The van der Waals surface area contributed by atoms with Crippen molar-refractivity contribution in [1.29, 1.82) is 0 Å². The van der Waals surface area contributed by atoms with Gasteiger partial charge in [0, 0.05) is 23.9 Å². The van der Waals surface area contributed by atoms with Gasteiger partial charge in [-0.2, -0.15) is 0 Å². The van der Waals surface area contributed by atoms with Crippen LogP contribution in [0.1, 0.15) is 81.4 Å². The maximum atomic E-state index is 12.2. The summed E-state index contributed by atoms with van der Waals surface area (Å²) >= 11 is 0. The van der Waals surface area contributed by atoms with E-state index in [1.165, 1.54) is 0 Å². The van der Waals surface area contributed by atoms with Crippen molar-refractivity contribution in [1.82, 2.24) is 15.0 Å². The molecule has 3 atom stereocenters. The molecule has 3 aromatic heterocycles. The monoisotopic (exact) mass is 461 g/mol. The van der Waals surface area contributed by atoms with Crippen LogP contribution in [0, 0.1) is 0 Å². The summed E-state index contributed by atoms with van der Waals surface area (Å²) < 4.78 is 11.6. The summed E-state index contributed by atoms with van der Waals surface area (Å²) in [7, 11) is 0. The Morgan fingerprint density at radius 2 is 1.97 bits per heavy atom. The number of rotatable bonds is 6. The fourth-order valence-electron chi connectivity index (χ4n) is 4.17. The number of anilines is 2. The van der Waals surface area contributed by atoms with Crippen LogP contribution in [0.25, 0.3) is 10.8 Å². The van der Waals surface area contributed by atoms with Gasteiger partial charge in [0.1, 0.15) is 23.3 Å². The molecule has 0 spiro atoms. The maximum absolute atomic E-state index is 12.2. The number of hydrogen-bond donors (Lipinski definition) is 2. The Balaban J connectivity index is 1.55. The number of pyridine rings is 3. The number of nitrogens with zero attached hydrogens (tertiary/aromatic N) is 3. The number of aromatic nitrogens is 3. The van der Waals surface area contributed by atoms with E-state index in [9.17, 15) is 4.79 Å². The third-order valence-electron chi connectivity index (χ3n) is 7.21. The first kappa shape index (κ1) is 22.5. The Kier molecular flexibility index (Phi) is 5.24. The highest BCUT2D eigenvalue weighted by molar-refractivity contribution is 5.93. The molecule has 0 saturated heterocycles. The van der Waals surface area contributed by atoms with Crippen molar-refractivity contribution in [2.24, 2.45) is 5.73 Å². The highest BCUT2D eigenvalue weighted by Crippen LogP contribution is 2.42. The van der Waals surface area contributed by atoms with Crippen LogP contribution in [-0.2, 0) is 10.3 Å². The van der Waals surface area contributed by atoms with Gasteiger partial charge >= 0.3 is 5.97 Å².